The third-order valence-corrected chi connectivity index (χ3v) is 4.01. The molecule has 3 atom stereocenters. The summed E-state index contributed by atoms with van der Waals surface area (Å²) in [5, 5.41) is 3.71. The Labute approximate surface area is 94.8 Å². The van der Waals surface area contributed by atoms with Crippen LogP contribution in [-0.2, 0) is 4.74 Å². The van der Waals surface area contributed by atoms with Gasteiger partial charge in [-0.05, 0) is 26.2 Å². The Bertz CT molecular complexity index is 201. The number of rotatable bonds is 5. The largest absolute Gasteiger partial charge is 0.378 e. The summed E-state index contributed by atoms with van der Waals surface area (Å²) in [6, 6.07) is 1.21. The summed E-state index contributed by atoms with van der Waals surface area (Å²) < 4.78 is 5.73. The molecule has 2 heteroatoms. The van der Waals surface area contributed by atoms with Crippen molar-refractivity contribution in [3.05, 3.63) is 0 Å². The molecule has 0 saturated heterocycles. The van der Waals surface area contributed by atoms with Crippen LogP contribution in [0.2, 0.25) is 0 Å². The van der Waals surface area contributed by atoms with Gasteiger partial charge in [0.15, 0.2) is 0 Å². The molecule has 3 unspecified atom stereocenters. The van der Waals surface area contributed by atoms with Crippen LogP contribution >= 0.6 is 0 Å². The van der Waals surface area contributed by atoms with Crippen LogP contribution in [0.3, 0.4) is 0 Å². The molecule has 1 N–H and O–H groups in total. The molecule has 0 radical (unpaired) electrons. The van der Waals surface area contributed by atoms with Crippen molar-refractivity contribution in [3.8, 4) is 0 Å². The smallest absolute Gasteiger partial charge is 0.0655 e. The monoisotopic (exact) mass is 213 g/mol. The molecule has 1 aliphatic rings. The Balaban J connectivity index is 2.41. The van der Waals surface area contributed by atoms with Gasteiger partial charge in [-0.1, -0.05) is 27.7 Å². The molecule has 0 aromatic carbocycles. The average molecular weight is 213 g/mol. The highest BCUT2D eigenvalue weighted by atomic mass is 16.5. The number of hydrogen-bond acceptors (Lipinski definition) is 2. The predicted octanol–water partition coefficient (Wildman–Crippen LogP) is 2.82. The van der Waals surface area contributed by atoms with Gasteiger partial charge >= 0.3 is 0 Å². The summed E-state index contributed by atoms with van der Waals surface area (Å²) in [6.45, 7) is 14.3. The lowest BCUT2D eigenvalue weighted by molar-refractivity contribution is -0.117. The molecule has 0 aromatic heterocycles. The van der Waals surface area contributed by atoms with Gasteiger partial charge in [-0.2, -0.15) is 0 Å². The van der Waals surface area contributed by atoms with Gasteiger partial charge in [0.1, 0.15) is 0 Å². The van der Waals surface area contributed by atoms with E-state index in [1.54, 1.807) is 0 Å². The van der Waals surface area contributed by atoms with E-state index in [4.69, 9.17) is 4.74 Å². The molecule has 0 aliphatic heterocycles. The van der Waals surface area contributed by atoms with Gasteiger partial charge in [0.05, 0.1) is 6.10 Å². The Morgan fingerprint density at radius 1 is 1.33 bits per heavy atom. The highest BCUT2D eigenvalue weighted by Crippen LogP contribution is 2.43. The van der Waals surface area contributed by atoms with Crippen LogP contribution in [0, 0.1) is 11.3 Å². The van der Waals surface area contributed by atoms with E-state index in [9.17, 15) is 0 Å². The van der Waals surface area contributed by atoms with E-state index in [-0.39, 0.29) is 0 Å². The van der Waals surface area contributed by atoms with Crippen molar-refractivity contribution in [1.29, 1.82) is 0 Å². The van der Waals surface area contributed by atoms with Crippen LogP contribution < -0.4 is 5.32 Å². The standard InChI is InChI=1S/C13H27NO/c1-7-15-12-8-11(13(12,5)6)14-10(4)9(2)3/h9-12,14H,7-8H2,1-6H3. The lowest BCUT2D eigenvalue weighted by atomic mass is 9.64. The van der Waals surface area contributed by atoms with Crippen molar-refractivity contribution >= 4 is 0 Å². The van der Waals surface area contributed by atoms with E-state index < -0.39 is 0 Å². The molecular weight excluding hydrogens is 186 g/mol. The van der Waals surface area contributed by atoms with Gasteiger partial charge in [-0.3, -0.25) is 0 Å². The van der Waals surface area contributed by atoms with Gasteiger partial charge in [-0.15, -0.1) is 0 Å². The second kappa shape index (κ2) is 4.84. The van der Waals surface area contributed by atoms with E-state index in [0.29, 0.717) is 29.5 Å². The first-order valence-corrected chi connectivity index (χ1v) is 6.27. The zero-order valence-electron chi connectivity index (χ0n) is 11.1. The predicted molar refractivity (Wildman–Crippen MR) is 65.0 cm³/mol. The summed E-state index contributed by atoms with van der Waals surface area (Å²) in [6.07, 6.45) is 1.61. The van der Waals surface area contributed by atoms with E-state index in [2.05, 4.69) is 46.9 Å². The lowest BCUT2D eigenvalue weighted by Gasteiger charge is -2.53. The van der Waals surface area contributed by atoms with Crippen LogP contribution in [-0.4, -0.2) is 24.8 Å². The minimum atomic E-state index is 0.291. The van der Waals surface area contributed by atoms with E-state index in [1.807, 2.05) is 0 Å². The Kier molecular flexibility index (Phi) is 4.19. The fraction of sp³-hybridized carbons (Fsp3) is 1.00. The summed E-state index contributed by atoms with van der Waals surface area (Å²) in [5.41, 5.74) is 0.291. The van der Waals surface area contributed by atoms with Gasteiger partial charge in [0.25, 0.3) is 0 Å². The molecule has 1 saturated carbocycles. The molecule has 0 bridgehead atoms. The second-order valence-corrected chi connectivity index (χ2v) is 5.75. The molecule has 1 fully saturated rings. The Hall–Kier alpha value is -0.0800. The molecule has 0 aromatic rings. The average Bonchev–Trinajstić information content (AvgIpc) is 2.16. The molecule has 2 nitrogen and oxygen atoms in total. The SMILES string of the molecule is CCOC1CC(NC(C)C(C)C)C1(C)C. The van der Waals surface area contributed by atoms with Crippen LogP contribution in [0.15, 0.2) is 0 Å². The van der Waals surface area contributed by atoms with Crippen molar-refractivity contribution < 1.29 is 4.74 Å². The summed E-state index contributed by atoms with van der Waals surface area (Å²) in [4.78, 5) is 0. The zero-order chi connectivity index (χ0) is 11.6. The first-order chi connectivity index (χ1) is 6.89. The summed E-state index contributed by atoms with van der Waals surface area (Å²) in [7, 11) is 0. The topological polar surface area (TPSA) is 21.3 Å². The second-order valence-electron chi connectivity index (χ2n) is 5.75. The maximum absolute atomic E-state index is 5.73. The van der Waals surface area contributed by atoms with Crippen LogP contribution in [0.25, 0.3) is 0 Å². The quantitative estimate of drug-likeness (QED) is 0.758. The van der Waals surface area contributed by atoms with Gasteiger partial charge in [0, 0.05) is 24.1 Å². The molecule has 1 aliphatic carbocycles. The highest BCUT2D eigenvalue weighted by Gasteiger charge is 2.49. The van der Waals surface area contributed by atoms with Crippen molar-refractivity contribution in [3.63, 3.8) is 0 Å². The summed E-state index contributed by atoms with van der Waals surface area (Å²) in [5.74, 6) is 0.701. The van der Waals surface area contributed by atoms with Crippen molar-refractivity contribution in [2.75, 3.05) is 6.61 Å². The van der Waals surface area contributed by atoms with Gasteiger partial charge in [-0.25, -0.2) is 0 Å². The molecule has 15 heavy (non-hydrogen) atoms. The fourth-order valence-electron chi connectivity index (χ4n) is 2.16. The number of ether oxygens (including phenoxy) is 1. The first kappa shape index (κ1) is 13.0. The third kappa shape index (κ3) is 2.73. The first-order valence-electron chi connectivity index (χ1n) is 6.27. The number of hydrogen-bond donors (Lipinski definition) is 1. The van der Waals surface area contributed by atoms with Gasteiger partial charge < -0.3 is 10.1 Å². The molecule has 0 heterocycles. The van der Waals surface area contributed by atoms with Crippen LogP contribution in [0.4, 0.5) is 0 Å². The molecule has 1 rings (SSSR count). The minimum Gasteiger partial charge on any atom is -0.378 e. The van der Waals surface area contributed by atoms with Crippen LogP contribution in [0.5, 0.6) is 0 Å². The van der Waals surface area contributed by atoms with E-state index >= 15 is 0 Å². The molecule has 0 spiro atoms. The number of nitrogens with one attached hydrogen (secondary N) is 1. The van der Waals surface area contributed by atoms with Crippen molar-refractivity contribution in [2.24, 2.45) is 11.3 Å². The van der Waals surface area contributed by atoms with E-state index in [1.165, 1.54) is 0 Å². The van der Waals surface area contributed by atoms with Gasteiger partial charge in [0.2, 0.25) is 0 Å². The van der Waals surface area contributed by atoms with E-state index in [0.717, 1.165) is 13.0 Å². The Morgan fingerprint density at radius 3 is 2.33 bits per heavy atom. The lowest BCUT2D eigenvalue weighted by Crippen LogP contribution is -2.63. The maximum atomic E-state index is 5.73. The Morgan fingerprint density at radius 2 is 1.93 bits per heavy atom. The summed E-state index contributed by atoms with van der Waals surface area (Å²) >= 11 is 0. The normalized spacial score (nSPS) is 31.4. The van der Waals surface area contributed by atoms with Crippen molar-refractivity contribution in [1.82, 2.24) is 5.32 Å². The maximum Gasteiger partial charge on any atom is 0.0655 e. The fourth-order valence-corrected chi connectivity index (χ4v) is 2.16. The minimum absolute atomic E-state index is 0.291. The van der Waals surface area contributed by atoms with Crippen LogP contribution in [0.1, 0.15) is 48.0 Å². The third-order valence-electron chi connectivity index (χ3n) is 4.01. The molecule has 0 amide bonds. The molecular formula is C13H27NO. The highest BCUT2D eigenvalue weighted by molar-refractivity contribution is 5.03. The zero-order valence-corrected chi connectivity index (χ0v) is 11.1. The molecule has 90 valence electrons. The van der Waals surface area contributed by atoms with Crippen molar-refractivity contribution in [2.45, 2.75) is 66.2 Å².